The van der Waals surface area contributed by atoms with Crippen molar-refractivity contribution in [1.29, 1.82) is 0 Å². The van der Waals surface area contributed by atoms with Gasteiger partial charge in [-0.25, -0.2) is 8.42 Å². The average Bonchev–Trinajstić information content (AvgIpc) is 3.01. The molecule has 2 aliphatic carbocycles. The van der Waals surface area contributed by atoms with Crippen LogP contribution in [0.15, 0.2) is 102 Å². The van der Waals surface area contributed by atoms with Crippen molar-refractivity contribution in [3.8, 4) is 16.9 Å². The molecule has 0 spiro atoms. The first-order chi connectivity index (χ1) is 15.0. The summed E-state index contributed by atoms with van der Waals surface area (Å²) in [6, 6.07) is 28.4. The summed E-state index contributed by atoms with van der Waals surface area (Å²) in [5.41, 5.74) is 5.55. The molecule has 0 radical (unpaired) electrons. The molecule has 0 amide bonds. The smallest absolute Gasteiger partial charge is 0.261 e. The summed E-state index contributed by atoms with van der Waals surface area (Å²) in [5.74, 6) is 0.665. The number of nitrogens with one attached hydrogen (secondary N) is 1. The Bertz CT molecular complexity index is 1310. The van der Waals surface area contributed by atoms with Crippen LogP contribution in [0, 0.1) is 6.92 Å². The maximum Gasteiger partial charge on any atom is 0.261 e. The van der Waals surface area contributed by atoms with Crippen molar-refractivity contribution >= 4 is 15.6 Å². The van der Waals surface area contributed by atoms with Crippen LogP contribution in [0.5, 0.6) is 5.75 Å². The van der Waals surface area contributed by atoms with Crippen LogP contribution in [0.1, 0.15) is 16.7 Å². The molecular formula is C26H23NO3S. The van der Waals surface area contributed by atoms with Crippen LogP contribution in [-0.2, 0) is 10.0 Å². The third-order valence-corrected chi connectivity index (χ3v) is 6.49. The first kappa shape index (κ1) is 20.7. The van der Waals surface area contributed by atoms with Gasteiger partial charge in [0.25, 0.3) is 10.0 Å². The van der Waals surface area contributed by atoms with Crippen molar-refractivity contribution in [2.24, 2.45) is 0 Å². The topological polar surface area (TPSA) is 55.4 Å². The second-order valence-corrected chi connectivity index (χ2v) is 8.93. The monoisotopic (exact) mass is 429 g/mol. The summed E-state index contributed by atoms with van der Waals surface area (Å²) in [7, 11) is -2.12. The Labute approximate surface area is 183 Å². The second kappa shape index (κ2) is 8.66. The number of methoxy groups -OCH3 is 1. The number of rotatable bonds is 6. The van der Waals surface area contributed by atoms with Crippen LogP contribution in [0.4, 0.5) is 0 Å². The Hall–Kier alpha value is -3.57. The van der Waals surface area contributed by atoms with E-state index in [4.69, 9.17) is 4.74 Å². The number of ether oxygens (including phenoxy) is 1. The van der Waals surface area contributed by atoms with E-state index in [1.165, 1.54) is 0 Å². The highest BCUT2D eigenvalue weighted by atomic mass is 32.2. The van der Waals surface area contributed by atoms with Gasteiger partial charge >= 0.3 is 0 Å². The first-order valence-electron chi connectivity index (χ1n) is 9.90. The molecule has 156 valence electrons. The predicted octanol–water partition coefficient (Wildman–Crippen LogP) is 5.48. The molecule has 0 bridgehead atoms. The highest BCUT2D eigenvalue weighted by molar-refractivity contribution is 7.89. The van der Waals surface area contributed by atoms with Crippen LogP contribution in [-0.4, -0.2) is 15.5 Å². The zero-order valence-corrected chi connectivity index (χ0v) is 18.2. The zero-order valence-electron chi connectivity index (χ0n) is 17.4. The SMILES string of the molecule is COc1ccccc1C(=CNS(=O)(=O)c1ccc(C)cc1)c1ccc2cccccc1-2. The summed E-state index contributed by atoms with van der Waals surface area (Å²) >= 11 is 0. The van der Waals surface area contributed by atoms with Gasteiger partial charge in [-0.05, 0) is 41.8 Å². The van der Waals surface area contributed by atoms with Gasteiger partial charge in [0.1, 0.15) is 5.75 Å². The molecule has 1 N–H and O–H groups in total. The minimum absolute atomic E-state index is 0.215. The number of sulfonamides is 1. The van der Waals surface area contributed by atoms with E-state index in [1.807, 2.05) is 73.7 Å². The van der Waals surface area contributed by atoms with Gasteiger partial charge in [0, 0.05) is 17.3 Å². The van der Waals surface area contributed by atoms with Crippen LogP contribution < -0.4 is 9.46 Å². The Kier molecular flexibility index (Phi) is 5.78. The van der Waals surface area contributed by atoms with E-state index in [0.717, 1.165) is 33.4 Å². The molecular weight excluding hydrogens is 406 g/mol. The van der Waals surface area contributed by atoms with Crippen molar-refractivity contribution in [1.82, 2.24) is 4.72 Å². The maximum absolute atomic E-state index is 12.9. The van der Waals surface area contributed by atoms with E-state index in [9.17, 15) is 8.42 Å². The molecule has 0 fully saturated rings. The second-order valence-electron chi connectivity index (χ2n) is 7.22. The van der Waals surface area contributed by atoms with Gasteiger partial charge in [0.2, 0.25) is 0 Å². The standard InChI is InChI=1S/C26H23NO3S/c1-19-12-15-21(16-13-19)31(28,29)27-18-25(24-10-6-7-11-26(24)30-2)23-17-14-20-8-4-3-5-9-22(20)23/h3-18,27H,1-2H3. The summed E-state index contributed by atoms with van der Waals surface area (Å²) in [6.07, 6.45) is 1.55. The Balaban J connectivity index is 1.84. The molecule has 2 aromatic carbocycles. The number of hydrogen-bond donors (Lipinski definition) is 1. The lowest BCUT2D eigenvalue weighted by Crippen LogP contribution is -2.18. The Morgan fingerprint density at radius 3 is 2.29 bits per heavy atom. The molecule has 0 aliphatic heterocycles. The molecule has 2 aromatic rings. The van der Waals surface area contributed by atoms with Gasteiger partial charge < -0.3 is 4.74 Å². The molecule has 0 unspecified atom stereocenters. The molecule has 0 saturated heterocycles. The van der Waals surface area contributed by atoms with E-state index < -0.39 is 10.0 Å². The predicted molar refractivity (Wildman–Crippen MR) is 125 cm³/mol. The van der Waals surface area contributed by atoms with Gasteiger partial charge in [-0.2, -0.15) is 0 Å². The van der Waals surface area contributed by atoms with Crippen LogP contribution in [0.2, 0.25) is 0 Å². The molecule has 31 heavy (non-hydrogen) atoms. The number of para-hydroxylation sites is 1. The highest BCUT2D eigenvalue weighted by Crippen LogP contribution is 2.38. The third kappa shape index (κ3) is 4.32. The molecule has 0 heterocycles. The molecule has 0 aromatic heterocycles. The van der Waals surface area contributed by atoms with Crippen LogP contribution in [0.3, 0.4) is 0 Å². The fourth-order valence-corrected chi connectivity index (χ4v) is 4.44. The van der Waals surface area contributed by atoms with E-state index in [0.29, 0.717) is 5.75 Å². The van der Waals surface area contributed by atoms with E-state index in [1.54, 1.807) is 37.6 Å². The van der Waals surface area contributed by atoms with Crippen LogP contribution >= 0.6 is 0 Å². The Morgan fingerprint density at radius 1 is 0.806 bits per heavy atom. The minimum Gasteiger partial charge on any atom is -0.496 e. The van der Waals surface area contributed by atoms with Crippen molar-refractivity contribution in [2.45, 2.75) is 11.8 Å². The first-order valence-corrected chi connectivity index (χ1v) is 11.4. The molecule has 5 heteroatoms. The minimum atomic E-state index is -3.72. The molecule has 4 nitrogen and oxygen atoms in total. The number of hydrogen-bond acceptors (Lipinski definition) is 3. The quantitative estimate of drug-likeness (QED) is 0.442. The van der Waals surface area contributed by atoms with Gasteiger partial charge in [-0.15, -0.1) is 0 Å². The van der Waals surface area contributed by atoms with Gasteiger partial charge in [-0.3, -0.25) is 4.72 Å². The summed E-state index contributed by atoms with van der Waals surface area (Å²) < 4.78 is 34.1. The largest absolute Gasteiger partial charge is 0.496 e. The maximum atomic E-state index is 12.9. The third-order valence-electron chi connectivity index (χ3n) is 5.17. The van der Waals surface area contributed by atoms with Crippen molar-refractivity contribution in [3.05, 3.63) is 114 Å². The zero-order chi connectivity index (χ0) is 21.8. The molecule has 0 saturated carbocycles. The normalized spacial score (nSPS) is 12.0. The van der Waals surface area contributed by atoms with Gasteiger partial charge in [0.05, 0.1) is 12.0 Å². The molecule has 4 rings (SSSR count). The summed E-state index contributed by atoms with van der Waals surface area (Å²) in [6.45, 7) is 1.92. The summed E-state index contributed by atoms with van der Waals surface area (Å²) in [4.78, 5) is 0.215. The lowest BCUT2D eigenvalue weighted by molar-refractivity contribution is 0.413. The van der Waals surface area contributed by atoms with Gasteiger partial charge in [-0.1, -0.05) is 78.4 Å². The Morgan fingerprint density at radius 2 is 1.52 bits per heavy atom. The number of aryl methyl sites for hydroxylation is 1. The lowest BCUT2D eigenvalue weighted by Gasteiger charge is -2.14. The number of fused-ring (bicyclic) bond motifs is 1. The van der Waals surface area contributed by atoms with E-state index >= 15 is 0 Å². The fourth-order valence-electron chi connectivity index (χ4n) is 3.54. The number of benzene rings is 2. The molecule has 2 aliphatic rings. The molecule has 0 atom stereocenters. The summed E-state index contributed by atoms with van der Waals surface area (Å²) in [5, 5.41) is 0. The van der Waals surface area contributed by atoms with Crippen molar-refractivity contribution < 1.29 is 13.2 Å². The van der Waals surface area contributed by atoms with Crippen molar-refractivity contribution in [2.75, 3.05) is 7.11 Å². The van der Waals surface area contributed by atoms with E-state index in [2.05, 4.69) is 4.72 Å². The van der Waals surface area contributed by atoms with Gasteiger partial charge in [0.15, 0.2) is 0 Å². The van der Waals surface area contributed by atoms with Crippen molar-refractivity contribution in [3.63, 3.8) is 0 Å². The van der Waals surface area contributed by atoms with E-state index in [-0.39, 0.29) is 4.90 Å². The highest BCUT2D eigenvalue weighted by Gasteiger charge is 2.19. The average molecular weight is 430 g/mol. The lowest BCUT2D eigenvalue weighted by atomic mass is 9.96. The van der Waals surface area contributed by atoms with Crippen LogP contribution in [0.25, 0.3) is 16.7 Å². The fraction of sp³-hybridized carbons (Fsp3) is 0.0769.